The Kier molecular flexibility index (Phi) is 4.99. The zero-order chi connectivity index (χ0) is 15.4. The first-order chi connectivity index (χ1) is 10.0. The van der Waals surface area contributed by atoms with Crippen molar-refractivity contribution in [1.29, 1.82) is 0 Å². The van der Waals surface area contributed by atoms with Crippen LogP contribution in [0.3, 0.4) is 0 Å². The standard InChI is InChI=1S/C17H23NO3/c1-3-12-4-6-13(7-5-12)11(2)18-16(19)14-8-9-15(10-14)17(20)21/h4-7,11,14-15H,3,8-10H2,1-2H3,(H,18,19)(H,20,21)/t11?,14-,15+/m1/s1. The van der Waals surface area contributed by atoms with E-state index in [0.29, 0.717) is 19.3 Å². The molecule has 2 rings (SSSR count). The minimum Gasteiger partial charge on any atom is -0.481 e. The molecule has 1 aromatic carbocycles. The lowest BCUT2D eigenvalue weighted by atomic mass is 10.0. The largest absolute Gasteiger partial charge is 0.481 e. The van der Waals surface area contributed by atoms with Crippen molar-refractivity contribution >= 4 is 11.9 Å². The third-order valence-corrected chi connectivity index (χ3v) is 4.40. The summed E-state index contributed by atoms with van der Waals surface area (Å²) in [6.45, 7) is 4.07. The number of carbonyl (C=O) groups is 2. The van der Waals surface area contributed by atoms with E-state index >= 15 is 0 Å². The van der Waals surface area contributed by atoms with E-state index in [-0.39, 0.29) is 23.8 Å². The van der Waals surface area contributed by atoms with Crippen LogP contribution < -0.4 is 5.32 Å². The Morgan fingerprint density at radius 2 is 1.86 bits per heavy atom. The molecule has 3 atom stereocenters. The first-order valence-corrected chi connectivity index (χ1v) is 7.63. The van der Waals surface area contributed by atoms with Gasteiger partial charge in [-0.25, -0.2) is 0 Å². The summed E-state index contributed by atoms with van der Waals surface area (Å²) in [5, 5.41) is 12.0. The van der Waals surface area contributed by atoms with E-state index in [1.165, 1.54) is 5.56 Å². The molecule has 0 aliphatic heterocycles. The summed E-state index contributed by atoms with van der Waals surface area (Å²) in [4.78, 5) is 23.2. The minimum absolute atomic E-state index is 0.0224. The monoisotopic (exact) mass is 289 g/mol. The average molecular weight is 289 g/mol. The number of amides is 1. The summed E-state index contributed by atoms with van der Waals surface area (Å²) in [5.41, 5.74) is 2.35. The lowest BCUT2D eigenvalue weighted by Gasteiger charge is -2.17. The minimum atomic E-state index is -0.784. The normalized spacial score (nSPS) is 22.8. The number of aryl methyl sites for hydroxylation is 1. The van der Waals surface area contributed by atoms with Gasteiger partial charge in [0.15, 0.2) is 0 Å². The van der Waals surface area contributed by atoms with E-state index in [1.54, 1.807) is 0 Å². The summed E-state index contributed by atoms with van der Waals surface area (Å²) in [6.07, 6.45) is 2.74. The Balaban J connectivity index is 1.91. The van der Waals surface area contributed by atoms with E-state index < -0.39 is 5.97 Å². The molecule has 1 saturated carbocycles. The summed E-state index contributed by atoms with van der Waals surface area (Å²) in [5.74, 6) is -1.33. The quantitative estimate of drug-likeness (QED) is 0.876. The molecule has 0 radical (unpaired) electrons. The summed E-state index contributed by atoms with van der Waals surface area (Å²) in [6, 6.07) is 8.19. The fourth-order valence-electron chi connectivity index (χ4n) is 2.90. The smallest absolute Gasteiger partial charge is 0.306 e. The number of hydrogen-bond donors (Lipinski definition) is 2. The number of carbonyl (C=O) groups excluding carboxylic acids is 1. The molecule has 0 heterocycles. The number of carboxylic acids is 1. The Morgan fingerprint density at radius 1 is 1.24 bits per heavy atom. The highest BCUT2D eigenvalue weighted by Crippen LogP contribution is 2.31. The molecule has 4 heteroatoms. The number of aliphatic carboxylic acids is 1. The Bertz CT molecular complexity index is 509. The van der Waals surface area contributed by atoms with Crippen LogP contribution in [0.5, 0.6) is 0 Å². The second kappa shape index (κ2) is 6.74. The molecule has 1 fully saturated rings. The molecule has 4 nitrogen and oxygen atoms in total. The zero-order valence-corrected chi connectivity index (χ0v) is 12.6. The summed E-state index contributed by atoms with van der Waals surface area (Å²) in [7, 11) is 0. The van der Waals surface area contributed by atoms with Gasteiger partial charge in [0.05, 0.1) is 12.0 Å². The van der Waals surface area contributed by atoms with Crippen molar-refractivity contribution in [3.63, 3.8) is 0 Å². The molecule has 0 spiro atoms. The molecule has 114 valence electrons. The second-order valence-corrected chi connectivity index (χ2v) is 5.87. The van der Waals surface area contributed by atoms with Gasteiger partial charge in [-0.3, -0.25) is 9.59 Å². The number of nitrogens with one attached hydrogen (secondary N) is 1. The maximum atomic E-state index is 12.2. The number of benzene rings is 1. The Hall–Kier alpha value is -1.84. The van der Waals surface area contributed by atoms with Crippen LogP contribution in [0.2, 0.25) is 0 Å². The van der Waals surface area contributed by atoms with Crippen LogP contribution in [0.15, 0.2) is 24.3 Å². The highest BCUT2D eigenvalue weighted by molar-refractivity contribution is 5.81. The average Bonchev–Trinajstić information content (AvgIpc) is 2.97. The van der Waals surface area contributed by atoms with Crippen LogP contribution in [0.4, 0.5) is 0 Å². The molecule has 21 heavy (non-hydrogen) atoms. The summed E-state index contributed by atoms with van der Waals surface area (Å²) >= 11 is 0. The SMILES string of the molecule is CCc1ccc(C(C)NC(=O)[C@@H]2CC[C@H](C(=O)O)C2)cc1. The van der Waals surface area contributed by atoms with Crippen molar-refractivity contribution in [1.82, 2.24) is 5.32 Å². The predicted molar refractivity (Wildman–Crippen MR) is 80.8 cm³/mol. The van der Waals surface area contributed by atoms with Crippen LogP contribution in [0, 0.1) is 11.8 Å². The molecule has 1 unspecified atom stereocenters. The van der Waals surface area contributed by atoms with Crippen molar-refractivity contribution in [2.45, 2.75) is 45.6 Å². The van der Waals surface area contributed by atoms with Crippen LogP contribution in [0.25, 0.3) is 0 Å². The molecule has 1 amide bonds. The number of carboxylic acid groups (broad SMARTS) is 1. The maximum absolute atomic E-state index is 12.2. The Labute approximate surface area is 125 Å². The van der Waals surface area contributed by atoms with Gasteiger partial charge >= 0.3 is 5.97 Å². The van der Waals surface area contributed by atoms with E-state index in [0.717, 1.165) is 12.0 Å². The zero-order valence-electron chi connectivity index (χ0n) is 12.6. The van der Waals surface area contributed by atoms with Crippen molar-refractivity contribution in [3.05, 3.63) is 35.4 Å². The fraction of sp³-hybridized carbons (Fsp3) is 0.529. The first kappa shape index (κ1) is 15.5. The highest BCUT2D eigenvalue weighted by Gasteiger charge is 2.34. The number of rotatable bonds is 5. The number of hydrogen-bond acceptors (Lipinski definition) is 2. The summed E-state index contributed by atoms with van der Waals surface area (Å²) < 4.78 is 0. The predicted octanol–water partition coefficient (Wildman–Crippen LogP) is 2.93. The van der Waals surface area contributed by atoms with Gasteiger partial charge in [0, 0.05) is 5.92 Å². The van der Waals surface area contributed by atoms with Gasteiger partial charge in [0.2, 0.25) is 5.91 Å². The molecule has 1 aliphatic carbocycles. The molecule has 1 aromatic rings. The third kappa shape index (κ3) is 3.84. The lowest BCUT2D eigenvalue weighted by molar-refractivity contribution is -0.141. The van der Waals surface area contributed by atoms with Gasteiger partial charge in [0.25, 0.3) is 0 Å². The highest BCUT2D eigenvalue weighted by atomic mass is 16.4. The van der Waals surface area contributed by atoms with Crippen molar-refractivity contribution < 1.29 is 14.7 Å². The van der Waals surface area contributed by atoms with Gasteiger partial charge in [-0.1, -0.05) is 31.2 Å². The topological polar surface area (TPSA) is 66.4 Å². The molecule has 0 aromatic heterocycles. The van der Waals surface area contributed by atoms with Gasteiger partial charge in [-0.05, 0) is 43.7 Å². The first-order valence-electron chi connectivity index (χ1n) is 7.63. The molecule has 1 aliphatic rings. The molecule has 0 bridgehead atoms. The maximum Gasteiger partial charge on any atom is 0.306 e. The van der Waals surface area contributed by atoms with Crippen LogP contribution in [-0.4, -0.2) is 17.0 Å². The third-order valence-electron chi connectivity index (χ3n) is 4.40. The fourth-order valence-corrected chi connectivity index (χ4v) is 2.90. The van der Waals surface area contributed by atoms with Gasteiger partial charge in [0.1, 0.15) is 0 Å². The van der Waals surface area contributed by atoms with Gasteiger partial charge < -0.3 is 10.4 Å². The van der Waals surface area contributed by atoms with Crippen LogP contribution in [-0.2, 0) is 16.0 Å². The van der Waals surface area contributed by atoms with Crippen LogP contribution in [0.1, 0.15) is 50.3 Å². The lowest BCUT2D eigenvalue weighted by Crippen LogP contribution is -2.32. The van der Waals surface area contributed by atoms with Crippen molar-refractivity contribution in [2.75, 3.05) is 0 Å². The molecular formula is C17H23NO3. The van der Waals surface area contributed by atoms with Gasteiger partial charge in [-0.2, -0.15) is 0 Å². The van der Waals surface area contributed by atoms with Crippen LogP contribution >= 0.6 is 0 Å². The van der Waals surface area contributed by atoms with E-state index in [9.17, 15) is 9.59 Å². The molecule has 2 N–H and O–H groups in total. The molecular weight excluding hydrogens is 266 g/mol. The molecule has 0 saturated heterocycles. The van der Waals surface area contributed by atoms with E-state index in [2.05, 4.69) is 24.4 Å². The second-order valence-electron chi connectivity index (χ2n) is 5.87. The van der Waals surface area contributed by atoms with Gasteiger partial charge in [-0.15, -0.1) is 0 Å². The van der Waals surface area contributed by atoms with Crippen molar-refractivity contribution in [2.24, 2.45) is 11.8 Å². The Morgan fingerprint density at radius 3 is 2.38 bits per heavy atom. The van der Waals surface area contributed by atoms with Crippen molar-refractivity contribution in [3.8, 4) is 0 Å². The van der Waals surface area contributed by atoms with E-state index in [4.69, 9.17) is 5.11 Å². The van der Waals surface area contributed by atoms with E-state index in [1.807, 2.05) is 19.1 Å².